The molecular formula is C20H17N3O3. The van der Waals surface area contributed by atoms with Crippen molar-refractivity contribution in [3.63, 3.8) is 0 Å². The molecule has 0 saturated carbocycles. The Bertz CT molecular complexity index is 948. The van der Waals surface area contributed by atoms with E-state index in [1.165, 1.54) is 6.92 Å². The molecule has 2 amide bonds. The predicted octanol–water partition coefficient (Wildman–Crippen LogP) is 2.61. The number of nitriles is 1. The molecule has 2 aliphatic heterocycles. The van der Waals surface area contributed by atoms with Gasteiger partial charge in [0, 0.05) is 6.92 Å². The zero-order chi connectivity index (χ0) is 18.3. The molecule has 0 aromatic heterocycles. The van der Waals surface area contributed by atoms with Crippen molar-refractivity contribution in [1.29, 1.82) is 5.26 Å². The fourth-order valence-corrected chi connectivity index (χ4v) is 3.65. The second-order valence-corrected chi connectivity index (χ2v) is 6.54. The van der Waals surface area contributed by atoms with Crippen molar-refractivity contribution in [3.8, 4) is 17.2 Å². The van der Waals surface area contributed by atoms with Crippen LogP contribution in [0.2, 0.25) is 0 Å². The molecule has 2 atom stereocenters. The van der Waals surface area contributed by atoms with E-state index in [0.717, 1.165) is 22.4 Å². The van der Waals surface area contributed by atoms with E-state index in [2.05, 4.69) is 17.5 Å². The maximum absolute atomic E-state index is 12.3. The molecule has 1 fully saturated rings. The number of ether oxygens (including phenoxy) is 1. The molecule has 2 heterocycles. The smallest absolute Gasteiger partial charge is 0.415 e. The molecule has 2 aromatic rings. The summed E-state index contributed by atoms with van der Waals surface area (Å²) in [6, 6.07) is 15.4. The Kier molecular flexibility index (Phi) is 3.85. The van der Waals surface area contributed by atoms with Crippen LogP contribution in [-0.4, -0.2) is 30.7 Å². The average Bonchev–Trinajstić information content (AvgIpc) is 3.17. The highest BCUT2D eigenvalue weighted by Crippen LogP contribution is 2.40. The minimum absolute atomic E-state index is 0.106. The second kappa shape index (κ2) is 6.19. The number of nitrogens with one attached hydrogen (secondary N) is 1. The average molecular weight is 347 g/mol. The number of benzene rings is 2. The third kappa shape index (κ3) is 2.68. The van der Waals surface area contributed by atoms with Gasteiger partial charge < -0.3 is 10.1 Å². The Morgan fingerprint density at radius 1 is 1.31 bits per heavy atom. The topological polar surface area (TPSA) is 82.4 Å². The van der Waals surface area contributed by atoms with Gasteiger partial charge in [-0.15, -0.1) is 0 Å². The number of nitrogens with zero attached hydrogens (tertiary/aromatic N) is 2. The Morgan fingerprint density at radius 2 is 2.12 bits per heavy atom. The number of fused-ring (bicyclic) bond motifs is 3. The molecule has 0 spiro atoms. The van der Waals surface area contributed by atoms with Gasteiger partial charge in [-0.25, -0.2) is 4.79 Å². The van der Waals surface area contributed by atoms with Crippen LogP contribution in [0.25, 0.3) is 11.1 Å². The first-order valence-electron chi connectivity index (χ1n) is 8.44. The highest BCUT2D eigenvalue weighted by molar-refractivity contribution is 5.94. The molecule has 130 valence electrons. The molecule has 1 saturated heterocycles. The summed E-state index contributed by atoms with van der Waals surface area (Å²) in [7, 11) is 0. The minimum atomic E-state index is -0.372. The van der Waals surface area contributed by atoms with Gasteiger partial charge in [0.2, 0.25) is 5.91 Å². The number of amides is 2. The first kappa shape index (κ1) is 16.2. The maximum Gasteiger partial charge on any atom is 0.415 e. The van der Waals surface area contributed by atoms with E-state index in [4.69, 9.17) is 10.00 Å². The standard InChI is InChI=1S/C20H17N3O3/c1-12(24)22-11-19-18-9-16-8-15(14-4-2-3-13(7-14)10-21)5-6-17(16)23(18)20(25)26-19/h2-8,18-19H,9,11H2,1H3,(H,22,24). The number of anilines is 1. The summed E-state index contributed by atoms with van der Waals surface area (Å²) < 4.78 is 5.42. The molecule has 2 unspecified atom stereocenters. The van der Waals surface area contributed by atoms with Crippen LogP contribution in [0.4, 0.5) is 10.5 Å². The zero-order valence-electron chi connectivity index (χ0n) is 14.2. The van der Waals surface area contributed by atoms with Crippen molar-refractivity contribution < 1.29 is 14.3 Å². The number of hydrogen-bond donors (Lipinski definition) is 1. The highest BCUT2D eigenvalue weighted by atomic mass is 16.6. The molecular weight excluding hydrogens is 330 g/mol. The van der Waals surface area contributed by atoms with E-state index in [1.54, 1.807) is 11.0 Å². The first-order valence-corrected chi connectivity index (χ1v) is 8.44. The van der Waals surface area contributed by atoms with Crippen LogP contribution >= 0.6 is 0 Å². The quantitative estimate of drug-likeness (QED) is 0.925. The fraction of sp³-hybridized carbons (Fsp3) is 0.250. The van der Waals surface area contributed by atoms with Crippen LogP contribution < -0.4 is 10.2 Å². The molecule has 6 nitrogen and oxygen atoms in total. The molecule has 0 bridgehead atoms. The van der Waals surface area contributed by atoms with Crippen LogP contribution in [0.1, 0.15) is 18.1 Å². The number of rotatable bonds is 3. The second-order valence-electron chi connectivity index (χ2n) is 6.54. The van der Waals surface area contributed by atoms with E-state index in [1.807, 2.05) is 30.3 Å². The summed E-state index contributed by atoms with van der Waals surface area (Å²) in [5.41, 5.74) is 4.51. The Balaban J connectivity index is 1.63. The van der Waals surface area contributed by atoms with Gasteiger partial charge in [-0.05, 0) is 47.4 Å². The Morgan fingerprint density at radius 3 is 2.88 bits per heavy atom. The van der Waals surface area contributed by atoms with Crippen molar-refractivity contribution >= 4 is 17.7 Å². The lowest BCUT2D eigenvalue weighted by Crippen LogP contribution is -2.40. The predicted molar refractivity (Wildman–Crippen MR) is 95.5 cm³/mol. The van der Waals surface area contributed by atoms with Crippen LogP contribution in [0.5, 0.6) is 0 Å². The fourth-order valence-electron chi connectivity index (χ4n) is 3.65. The van der Waals surface area contributed by atoms with Gasteiger partial charge >= 0.3 is 6.09 Å². The Labute approximate surface area is 151 Å². The summed E-state index contributed by atoms with van der Waals surface area (Å²) in [5, 5.41) is 11.8. The number of carbonyl (C=O) groups is 2. The third-order valence-corrected chi connectivity index (χ3v) is 4.85. The number of carbonyl (C=O) groups excluding carboxylic acids is 2. The summed E-state index contributed by atoms with van der Waals surface area (Å²) >= 11 is 0. The van der Waals surface area contributed by atoms with Crippen molar-refractivity contribution in [1.82, 2.24) is 5.32 Å². The van der Waals surface area contributed by atoms with E-state index in [9.17, 15) is 9.59 Å². The molecule has 26 heavy (non-hydrogen) atoms. The molecule has 1 N–H and O–H groups in total. The SMILES string of the molecule is CC(=O)NCC1OC(=O)N2c3ccc(-c4cccc(C#N)c4)cc3CC12. The van der Waals surface area contributed by atoms with Gasteiger partial charge in [0.15, 0.2) is 0 Å². The van der Waals surface area contributed by atoms with Gasteiger partial charge in [-0.1, -0.05) is 18.2 Å². The van der Waals surface area contributed by atoms with E-state index in [-0.39, 0.29) is 24.1 Å². The van der Waals surface area contributed by atoms with Gasteiger partial charge in [0.1, 0.15) is 6.10 Å². The number of cyclic esters (lactones) is 1. The summed E-state index contributed by atoms with van der Waals surface area (Å²) in [6.07, 6.45) is -0.0515. The Hall–Kier alpha value is -3.33. The summed E-state index contributed by atoms with van der Waals surface area (Å²) in [5.74, 6) is -0.144. The van der Waals surface area contributed by atoms with Crippen LogP contribution in [0.3, 0.4) is 0 Å². The lowest BCUT2D eigenvalue weighted by molar-refractivity contribution is -0.119. The lowest BCUT2D eigenvalue weighted by Gasteiger charge is -2.16. The third-order valence-electron chi connectivity index (χ3n) is 4.85. The monoisotopic (exact) mass is 347 g/mol. The van der Waals surface area contributed by atoms with Crippen molar-refractivity contribution in [2.24, 2.45) is 0 Å². The van der Waals surface area contributed by atoms with E-state index in [0.29, 0.717) is 18.5 Å². The van der Waals surface area contributed by atoms with E-state index >= 15 is 0 Å². The van der Waals surface area contributed by atoms with Crippen LogP contribution in [0, 0.1) is 11.3 Å². The molecule has 6 heteroatoms. The van der Waals surface area contributed by atoms with Crippen molar-refractivity contribution in [2.45, 2.75) is 25.5 Å². The van der Waals surface area contributed by atoms with Crippen LogP contribution in [-0.2, 0) is 16.0 Å². The summed E-state index contributed by atoms with van der Waals surface area (Å²) in [4.78, 5) is 25.1. The molecule has 4 rings (SSSR count). The van der Waals surface area contributed by atoms with Gasteiger partial charge in [0.25, 0.3) is 0 Å². The number of hydrogen-bond acceptors (Lipinski definition) is 4. The van der Waals surface area contributed by atoms with Crippen LogP contribution in [0.15, 0.2) is 42.5 Å². The van der Waals surface area contributed by atoms with E-state index < -0.39 is 0 Å². The summed E-state index contributed by atoms with van der Waals surface area (Å²) in [6.45, 7) is 1.76. The van der Waals surface area contributed by atoms with Gasteiger partial charge in [-0.3, -0.25) is 9.69 Å². The first-order chi connectivity index (χ1) is 12.6. The molecule has 0 aliphatic carbocycles. The maximum atomic E-state index is 12.3. The molecule has 2 aromatic carbocycles. The van der Waals surface area contributed by atoms with Gasteiger partial charge in [-0.2, -0.15) is 5.26 Å². The molecule has 2 aliphatic rings. The molecule has 0 radical (unpaired) electrons. The van der Waals surface area contributed by atoms with Crippen molar-refractivity contribution in [3.05, 3.63) is 53.6 Å². The highest BCUT2D eigenvalue weighted by Gasteiger charge is 2.47. The zero-order valence-corrected chi connectivity index (χ0v) is 14.2. The minimum Gasteiger partial charge on any atom is -0.442 e. The largest absolute Gasteiger partial charge is 0.442 e. The normalized spacial score (nSPS) is 20.2. The van der Waals surface area contributed by atoms with Crippen molar-refractivity contribution in [2.75, 3.05) is 11.4 Å². The lowest BCUT2D eigenvalue weighted by atomic mass is 9.99. The van der Waals surface area contributed by atoms with Gasteiger partial charge in [0.05, 0.1) is 29.9 Å².